The molecule has 0 fully saturated rings. The fourth-order valence-electron chi connectivity index (χ4n) is 2.10. The topological polar surface area (TPSA) is 54.2 Å². The zero-order valence-electron chi connectivity index (χ0n) is 12.2. The number of guanidine groups is 1. The minimum Gasteiger partial charge on any atom is -0.357 e. The Hall–Kier alpha value is -1.05. The van der Waals surface area contributed by atoms with Crippen LogP contribution >= 0.6 is 24.0 Å². The Morgan fingerprint density at radius 1 is 1.45 bits per heavy atom. The van der Waals surface area contributed by atoms with E-state index in [9.17, 15) is 0 Å². The summed E-state index contributed by atoms with van der Waals surface area (Å²) in [5.41, 5.74) is 1.19. The first-order chi connectivity index (χ1) is 9.28. The molecule has 0 amide bonds. The van der Waals surface area contributed by atoms with Gasteiger partial charge in [0, 0.05) is 18.8 Å². The van der Waals surface area contributed by atoms with E-state index in [0.29, 0.717) is 6.04 Å². The number of rotatable bonds is 5. The van der Waals surface area contributed by atoms with Crippen LogP contribution in [0.15, 0.2) is 29.5 Å². The van der Waals surface area contributed by atoms with E-state index in [-0.39, 0.29) is 24.0 Å². The first kappa shape index (κ1) is 17.0. The van der Waals surface area contributed by atoms with Crippen LogP contribution in [0.2, 0.25) is 0 Å². The molecular weight excluding hydrogens is 365 g/mol. The molecule has 0 saturated carbocycles. The Morgan fingerprint density at radius 2 is 2.20 bits per heavy atom. The van der Waals surface area contributed by atoms with Crippen molar-refractivity contribution in [3.63, 3.8) is 0 Å². The third kappa shape index (κ3) is 5.52. The van der Waals surface area contributed by atoms with E-state index in [2.05, 4.69) is 39.8 Å². The number of hydrogen-bond acceptors (Lipinski definition) is 2. The van der Waals surface area contributed by atoms with Crippen LogP contribution in [0.4, 0.5) is 0 Å². The van der Waals surface area contributed by atoms with E-state index < -0.39 is 0 Å². The highest BCUT2D eigenvalue weighted by Crippen LogP contribution is 2.08. The number of aromatic nitrogens is 2. The van der Waals surface area contributed by atoms with Crippen LogP contribution in [0.25, 0.3) is 0 Å². The van der Waals surface area contributed by atoms with E-state index in [0.717, 1.165) is 38.4 Å². The second kappa shape index (κ2) is 8.99. The Kier molecular flexibility index (Phi) is 7.64. The van der Waals surface area contributed by atoms with Gasteiger partial charge in [-0.1, -0.05) is 12.2 Å². The molecule has 0 radical (unpaired) electrons. The summed E-state index contributed by atoms with van der Waals surface area (Å²) >= 11 is 0. The molecule has 6 heteroatoms. The van der Waals surface area contributed by atoms with Crippen molar-refractivity contribution < 1.29 is 0 Å². The van der Waals surface area contributed by atoms with Crippen molar-refractivity contribution in [2.45, 2.75) is 39.3 Å². The largest absolute Gasteiger partial charge is 0.357 e. The van der Waals surface area contributed by atoms with Gasteiger partial charge >= 0.3 is 0 Å². The summed E-state index contributed by atoms with van der Waals surface area (Å²) in [4.78, 5) is 4.59. The number of aliphatic imine (C=N–C) groups is 1. The summed E-state index contributed by atoms with van der Waals surface area (Å²) in [5, 5.41) is 11.0. The predicted octanol–water partition coefficient (Wildman–Crippen LogP) is 2.08. The van der Waals surface area contributed by atoms with Crippen LogP contribution in [-0.2, 0) is 6.54 Å². The highest BCUT2D eigenvalue weighted by molar-refractivity contribution is 14.0. The van der Waals surface area contributed by atoms with Crippen molar-refractivity contribution in [2.75, 3.05) is 13.1 Å². The van der Waals surface area contributed by atoms with E-state index in [1.165, 1.54) is 5.56 Å². The SMILES string of the molecule is CCNC(=NCCn1cc(C)cn1)NC1CC=CC1.I. The van der Waals surface area contributed by atoms with Crippen LogP contribution in [-0.4, -0.2) is 34.9 Å². The maximum atomic E-state index is 4.59. The van der Waals surface area contributed by atoms with E-state index in [1.54, 1.807) is 0 Å². The minimum absolute atomic E-state index is 0. The molecule has 0 spiro atoms. The second-order valence-corrected chi connectivity index (χ2v) is 4.83. The third-order valence-electron chi connectivity index (χ3n) is 3.05. The van der Waals surface area contributed by atoms with Crippen molar-refractivity contribution in [1.29, 1.82) is 0 Å². The maximum absolute atomic E-state index is 4.59. The molecule has 20 heavy (non-hydrogen) atoms. The molecule has 1 aromatic rings. The lowest BCUT2D eigenvalue weighted by molar-refractivity contribution is 0.608. The normalized spacial score (nSPS) is 15.2. The molecule has 0 unspecified atom stereocenters. The average Bonchev–Trinajstić information content (AvgIpc) is 3.01. The highest BCUT2D eigenvalue weighted by atomic mass is 127. The van der Waals surface area contributed by atoms with Gasteiger partial charge in [-0.05, 0) is 32.3 Å². The molecule has 2 N–H and O–H groups in total. The summed E-state index contributed by atoms with van der Waals surface area (Å²) in [6.45, 7) is 6.56. The zero-order valence-corrected chi connectivity index (χ0v) is 14.5. The lowest BCUT2D eigenvalue weighted by Crippen LogP contribution is -2.42. The van der Waals surface area contributed by atoms with Gasteiger partial charge < -0.3 is 10.6 Å². The van der Waals surface area contributed by atoms with Gasteiger partial charge in [0.25, 0.3) is 0 Å². The van der Waals surface area contributed by atoms with Crippen molar-refractivity contribution in [3.8, 4) is 0 Å². The van der Waals surface area contributed by atoms with Crippen LogP contribution in [0.3, 0.4) is 0 Å². The van der Waals surface area contributed by atoms with Crippen LogP contribution in [0, 0.1) is 6.92 Å². The van der Waals surface area contributed by atoms with Gasteiger partial charge in [-0.15, -0.1) is 24.0 Å². The second-order valence-electron chi connectivity index (χ2n) is 4.83. The molecular formula is C14H24IN5. The van der Waals surface area contributed by atoms with Crippen molar-refractivity contribution >= 4 is 29.9 Å². The number of nitrogens with one attached hydrogen (secondary N) is 2. The van der Waals surface area contributed by atoms with Crippen LogP contribution in [0.1, 0.15) is 25.3 Å². The molecule has 0 aliphatic heterocycles. The molecule has 0 bridgehead atoms. The third-order valence-corrected chi connectivity index (χ3v) is 3.05. The summed E-state index contributed by atoms with van der Waals surface area (Å²) in [6, 6.07) is 0.491. The van der Waals surface area contributed by atoms with Crippen LogP contribution < -0.4 is 10.6 Å². The molecule has 0 saturated heterocycles. The highest BCUT2D eigenvalue weighted by Gasteiger charge is 2.11. The van der Waals surface area contributed by atoms with Gasteiger partial charge in [-0.2, -0.15) is 5.10 Å². The molecule has 0 aromatic carbocycles. The lowest BCUT2D eigenvalue weighted by atomic mass is 10.2. The monoisotopic (exact) mass is 389 g/mol. The van der Waals surface area contributed by atoms with E-state index in [1.807, 2.05) is 24.0 Å². The molecule has 1 aliphatic carbocycles. The molecule has 2 rings (SSSR count). The smallest absolute Gasteiger partial charge is 0.191 e. The van der Waals surface area contributed by atoms with Crippen molar-refractivity contribution in [3.05, 3.63) is 30.1 Å². The molecule has 5 nitrogen and oxygen atoms in total. The Morgan fingerprint density at radius 3 is 2.80 bits per heavy atom. The van der Waals surface area contributed by atoms with E-state index >= 15 is 0 Å². The summed E-state index contributed by atoms with van der Waals surface area (Å²) in [7, 11) is 0. The molecule has 1 aliphatic rings. The molecule has 112 valence electrons. The predicted molar refractivity (Wildman–Crippen MR) is 93.7 cm³/mol. The number of aryl methyl sites for hydroxylation is 1. The molecule has 1 heterocycles. The lowest BCUT2D eigenvalue weighted by Gasteiger charge is -2.16. The number of hydrogen-bond donors (Lipinski definition) is 2. The van der Waals surface area contributed by atoms with Gasteiger partial charge in [-0.3, -0.25) is 9.67 Å². The van der Waals surface area contributed by atoms with Gasteiger partial charge in [0.1, 0.15) is 0 Å². The first-order valence-electron chi connectivity index (χ1n) is 6.97. The summed E-state index contributed by atoms with van der Waals surface area (Å²) in [6.07, 6.45) is 10.5. The van der Waals surface area contributed by atoms with E-state index in [4.69, 9.17) is 0 Å². The van der Waals surface area contributed by atoms with Gasteiger partial charge in [0.05, 0.1) is 19.3 Å². The zero-order chi connectivity index (χ0) is 13.5. The summed E-state index contributed by atoms with van der Waals surface area (Å²) in [5.74, 6) is 0.903. The van der Waals surface area contributed by atoms with Crippen LogP contribution in [0.5, 0.6) is 0 Å². The Bertz CT molecular complexity index is 444. The van der Waals surface area contributed by atoms with Crippen molar-refractivity contribution in [2.24, 2.45) is 4.99 Å². The average molecular weight is 389 g/mol. The standard InChI is InChI=1S/C14H23N5.HI/c1-3-15-14(18-13-6-4-5-7-13)16-8-9-19-11-12(2)10-17-19;/h4-5,10-11,13H,3,6-9H2,1-2H3,(H2,15,16,18);1H. The molecule has 0 atom stereocenters. The van der Waals surface area contributed by atoms with Gasteiger partial charge in [-0.25, -0.2) is 0 Å². The summed E-state index contributed by atoms with van der Waals surface area (Å²) < 4.78 is 1.93. The number of nitrogens with zero attached hydrogens (tertiary/aromatic N) is 3. The molecule has 1 aromatic heterocycles. The Balaban J connectivity index is 0.00000200. The van der Waals surface area contributed by atoms with Crippen molar-refractivity contribution in [1.82, 2.24) is 20.4 Å². The van der Waals surface area contributed by atoms with Gasteiger partial charge in [0.15, 0.2) is 5.96 Å². The Labute approximate surface area is 137 Å². The quantitative estimate of drug-likeness (QED) is 0.351. The maximum Gasteiger partial charge on any atom is 0.191 e. The van der Waals surface area contributed by atoms with Gasteiger partial charge in [0.2, 0.25) is 0 Å². The fraction of sp³-hybridized carbons (Fsp3) is 0.571. The number of halogens is 1. The first-order valence-corrected chi connectivity index (χ1v) is 6.97. The fourth-order valence-corrected chi connectivity index (χ4v) is 2.10. The minimum atomic E-state index is 0.